The predicted molar refractivity (Wildman–Crippen MR) is 131 cm³/mol. The van der Waals surface area contributed by atoms with Crippen LogP contribution in [-0.4, -0.2) is 60.6 Å². The van der Waals surface area contributed by atoms with Gasteiger partial charge in [0.2, 0.25) is 0 Å². The average Bonchev–Trinajstić information content (AvgIpc) is 3.51. The molecule has 1 aromatic carbocycles. The van der Waals surface area contributed by atoms with E-state index >= 15 is 0 Å². The zero-order valence-electron chi connectivity index (χ0n) is 20.1. The molecule has 4 rings (SSSR count). The van der Waals surface area contributed by atoms with Gasteiger partial charge >= 0.3 is 11.7 Å². The normalized spacial score (nSPS) is 13.1. The molecule has 0 amide bonds. The van der Waals surface area contributed by atoms with Gasteiger partial charge in [0.15, 0.2) is 0 Å². The fraction of sp³-hybridized carbons (Fsp3) is 0.348. The number of aryl methyl sites for hydroxylation is 1. The predicted octanol–water partition coefficient (Wildman–Crippen LogP) is 1.66. The number of aliphatic hydroxyl groups excluding tert-OH is 1. The zero-order valence-corrected chi connectivity index (χ0v) is 20.9. The number of hydrogen-bond donors (Lipinski definition) is 2. The quantitative estimate of drug-likeness (QED) is 0.310. The van der Waals surface area contributed by atoms with Crippen molar-refractivity contribution in [2.24, 2.45) is 0 Å². The van der Waals surface area contributed by atoms with Gasteiger partial charge in [0.05, 0.1) is 44.6 Å². The molecule has 0 radical (unpaired) electrons. The highest BCUT2D eigenvalue weighted by Gasteiger charge is 2.28. The first-order chi connectivity index (χ1) is 17.7. The Kier molecular flexibility index (Phi) is 7.52. The van der Waals surface area contributed by atoms with Crippen molar-refractivity contribution in [1.29, 1.82) is 0 Å². The lowest BCUT2D eigenvalue weighted by molar-refractivity contribution is -0.140. The summed E-state index contributed by atoms with van der Waals surface area (Å²) < 4.78 is 27.2. The number of carboxylic acids is 1. The monoisotopic (exact) mass is 533 g/mol. The minimum absolute atomic E-state index is 0.122. The van der Waals surface area contributed by atoms with E-state index in [2.05, 4.69) is 10.2 Å². The number of carbonyl (C=O) groups is 1. The lowest BCUT2D eigenvalue weighted by Gasteiger charge is -2.23. The summed E-state index contributed by atoms with van der Waals surface area (Å²) in [6.07, 6.45) is 1.91. The summed E-state index contributed by atoms with van der Waals surface area (Å²) in [4.78, 5) is 40.4. The Morgan fingerprint density at radius 2 is 1.95 bits per heavy atom. The van der Waals surface area contributed by atoms with E-state index in [1.54, 1.807) is 6.92 Å². The number of aromatic nitrogens is 5. The van der Waals surface area contributed by atoms with Gasteiger partial charge in [-0.3, -0.25) is 9.36 Å². The number of carboxylic acid groups (broad SMARTS) is 1. The number of halogens is 1. The van der Waals surface area contributed by atoms with Crippen molar-refractivity contribution in [1.82, 2.24) is 24.1 Å². The van der Waals surface area contributed by atoms with Gasteiger partial charge in [-0.25, -0.2) is 18.5 Å². The Labute approximate surface area is 212 Å². The van der Waals surface area contributed by atoms with Crippen LogP contribution >= 0.6 is 11.3 Å². The van der Waals surface area contributed by atoms with Crippen molar-refractivity contribution >= 4 is 27.5 Å². The van der Waals surface area contributed by atoms with Crippen molar-refractivity contribution in [3.63, 3.8) is 0 Å². The van der Waals surface area contributed by atoms with Crippen LogP contribution < -0.4 is 16.0 Å². The van der Waals surface area contributed by atoms with Crippen LogP contribution in [0.1, 0.15) is 30.2 Å². The Bertz CT molecular complexity index is 1560. The standard InChI is InChI=1S/C23H24FN5O7S/c1-12-18-19(31)28(13(2)22(32)33)23(34)27(21(18)37-20(12)29-25-6-7-26-29)11-17(36-9-8-30)15-10-14(24)4-5-16(15)35-3/h4-7,10,13,17,30H,8-9,11H2,1-3H3,(H,32,33). The third kappa shape index (κ3) is 4.77. The van der Waals surface area contributed by atoms with Gasteiger partial charge < -0.3 is 19.7 Å². The van der Waals surface area contributed by atoms with E-state index in [1.165, 1.54) is 54.0 Å². The molecule has 37 heavy (non-hydrogen) atoms. The molecular weight excluding hydrogens is 509 g/mol. The fourth-order valence-electron chi connectivity index (χ4n) is 4.04. The molecule has 0 bridgehead atoms. The Morgan fingerprint density at radius 3 is 2.57 bits per heavy atom. The first-order valence-electron chi connectivity index (χ1n) is 11.1. The molecule has 0 spiro atoms. The number of methoxy groups -OCH3 is 1. The molecule has 3 heterocycles. The molecule has 0 aliphatic heterocycles. The lowest BCUT2D eigenvalue weighted by Crippen LogP contribution is -2.44. The number of ether oxygens (including phenoxy) is 2. The molecule has 14 heteroatoms. The zero-order chi connectivity index (χ0) is 26.9. The molecule has 0 saturated carbocycles. The van der Waals surface area contributed by atoms with Crippen LogP contribution in [-0.2, 0) is 16.1 Å². The van der Waals surface area contributed by atoms with E-state index in [0.717, 1.165) is 11.3 Å². The highest BCUT2D eigenvalue weighted by atomic mass is 32.1. The Balaban J connectivity index is 2.01. The van der Waals surface area contributed by atoms with Crippen molar-refractivity contribution < 1.29 is 28.9 Å². The van der Waals surface area contributed by atoms with Gasteiger partial charge in [0.1, 0.15) is 33.5 Å². The van der Waals surface area contributed by atoms with E-state index < -0.39 is 35.2 Å². The number of rotatable bonds is 10. The Morgan fingerprint density at radius 1 is 1.24 bits per heavy atom. The van der Waals surface area contributed by atoms with Gasteiger partial charge in [-0.1, -0.05) is 11.3 Å². The third-order valence-corrected chi connectivity index (χ3v) is 7.14. The van der Waals surface area contributed by atoms with Crippen molar-refractivity contribution in [3.8, 4) is 10.8 Å². The molecule has 2 N–H and O–H groups in total. The number of nitrogens with zero attached hydrogens (tertiary/aromatic N) is 5. The SMILES string of the molecule is COc1ccc(F)cc1C(Cn1c(=O)n(C(C)C(=O)O)c(=O)c2c(C)c(-n3nccn3)sc21)OCCO. The van der Waals surface area contributed by atoms with E-state index in [4.69, 9.17) is 9.47 Å². The maximum Gasteiger partial charge on any atom is 0.333 e. The summed E-state index contributed by atoms with van der Waals surface area (Å²) in [5, 5.41) is 27.8. The molecule has 4 aromatic rings. The molecule has 3 aromatic heterocycles. The van der Waals surface area contributed by atoms with Crippen LogP contribution in [0.25, 0.3) is 15.2 Å². The molecule has 12 nitrogen and oxygen atoms in total. The number of aliphatic carboxylic acids is 1. The van der Waals surface area contributed by atoms with Crippen LogP contribution in [0.15, 0.2) is 40.2 Å². The van der Waals surface area contributed by atoms with E-state index in [-0.39, 0.29) is 41.3 Å². The summed E-state index contributed by atoms with van der Waals surface area (Å²) in [5.74, 6) is -1.66. The lowest BCUT2D eigenvalue weighted by atomic mass is 10.1. The second kappa shape index (κ2) is 10.6. The van der Waals surface area contributed by atoms with Crippen LogP contribution in [0.5, 0.6) is 5.75 Å². The summed E-state index contributed by atoms with van der Waals surface area (Å²) in [6, 6.07) is 2.33. The molecular formula is C23H24FN5O7S. The second-order valence-corrected chi connectivity index (χ2v) is 9.06. The number of thiophene rings is 1. The van der Waals surface area contributed by atoms with E-state index in [0.29, 0.717) is 15.1 Å². The molecule has 0 fully saturated rings. The minimum atomic E-state index is -1.47. The summed E-state index contributed by atoms with van der Waals surface area (Å²) in [6.45, 7) is 2.15. The first kappa shape index (κ1) is 26.2. The minimum Gasteiger partial charge on any atom is -0.496 e. The summed E-state index contributed by atoms with van der Waals surface area (Å²) in [5.41, 5.74) is -0.934. The largest absolute Gasteiger partial charge is 0.496 e. The van der Waals surface area contributed by atoms with Gasteiger partial charge in [0.25, 0.3) is 5.56 Å². The topological polar surface area (TPSA) is 151 Å². The number of benzene rings is 1. The van der Waals surface area contributed by atoms with E-state index in [1.807, 2.05) is 0 Å². The molecule has 0 aliphatic carbocycles. The van der Waals surface area contributed by atoms with Crippen LogP contribution in [0.3, 0.4) is 0 Å². The van der Waals surface area contributed by atoms with Crippen LogP contribution in [0.4, 0.5) is 4.39 Å². The molecule has 2 unspecified atom stereocenters. The van der Waals surface area contributed by atoms with Crippen molar-refractivity contribution in [2.45, 2.75) is 32.5 Å². The molecule has 0 saturated heterocycles. The second-order valence-electron chi connectivity index (χ2n) is 8.08. The van der Waals surface area contributed by atoms with E-state index in [9.17, 15) is 29.0 Å². The number of hydrogen-bond acceptors (Lipinski definition) is 9. The van der Waals surface area contributed by atoms with Gasteiger partial charge in [-0.05, 0) is 32.0 Å². The van der Waals surface area contributed by atoms with Gasteiger partial charge in [0, 0.05) is 11.1 Å². The number of aliphatic hydroxyl groups is 1. The average molecular weight is 534 g/mol. The number of fused-ring (bicyclic) bond motifs is 1. The summed E-state index contributed by atoms with van der Waals surface area (Å²) >= 11 is 1.07. The summed E-state index contributed by atoms with van der Waals surface area (Å²) in [7, 11) is 1.39. The molecule has 2 atom stereocenters. The smallest absolute Gasteiger partial charge is 0.333 e. The molecule has 0 aliphatic rings. The highest BCUT2D eigenvalue weighted by Crippen LogP contribution is 2.34. The van der Waals surface area contributed by atoms with Crippen LogP contribution in [0.2, 0.25) is 0 Å². The highest BCUT2D eigenvalue weighted by molar-refractivity contribution is 7.21. The van der Waals surface area contributed by atoms with Crippen molar-refractivity contribution in [3.05, 3.63) is 68.4 Å². The van der Waals surface area contributed by atoms with Crippen molar-refractivity contribution in [2.75, 3.05) is 20.3 Å². The van der Waals surface area contributed by atoms with Gasteiger partial charge in [-0.15, -0.1) is 4.80 Å². The maximum atomic E-state index is 14.2. The maximum absolute atomic E-state index is 14.2. The molecule has 196 valence electrons. The van der Waals surface area contributed by atoms with Gasteiger partial charge in [-0.2, -0.15) is 10.2 Å². The fourth-order valence-corrected chi connectivity index (χ4v) is 5.26. The first-order valence-corrected chi connectivity index (χ1v) is 11.9. The van der Waals surface area contributed by atoms with Crippen LogP contribution in [0, 0.1) is 12.7 Å². The Hall–Kier alpha value is -3.88. The third-order valence-electron chi connectivity index (χ3n) is 5.86.